The van der Waals surface area contributed by atoms with Crippen molar-refractivity contribution in [1.29, 1.82) is 0 Å². The first-order valence-electron chi connectivity index (χ1n) is 6.79. The van der Waals surface area contributed by atoms with Crippen LogP contribution in [-0.2, 0) is 4.79 Å². The van der Waals surface area contributed by atoms with Gasteiger partial charge in [-0.3, -0.25) is 20.8 Å². The third-order valence-corrected chi connectivity index (χ3v) is 3.73. The molecule has 8 nitrogen and oxygen atoms in total. The molecule has 1 saturated heterocycles. The van der Waals surface area contributed by atoms with E-state index >= 15 is 0 Å². The molecule has 1 fully saturated rings. The number of nitrogens with zero attached hydrogens (tertiary/aromatic N) is 2. The van der Waals surface area contributed by atoms with Gasteiger partial charge in [-0.15, -0.1) is 0 Å². The average molecular weight is 293 g/mol. The Morgan fingerprint density at radius 3 is 2.90 bits per heavy atom. The van der Waals surface area contributed by atoms with Crippen LogP contribution in [-0.4, -0.2) is 31.0 Å². The van der Waals surface area contributed by atoms with Crippen molar-refractivity contribution >= 4 is 23.0 Å². The number of nitro benzene ring substituents is 1. The third-order valence-electron chi connectivity index (χ3n) is 3.73. The van der Waals surface area contributed by atoms with Gasteiger partial charge in [0.15, 0.2) is 0 Å². The highest BCUT2D eigenvalue weighted by Gasteiger charge is 2.30. The molecule has 114 valence electrons. The summed E-state index contributed by atoms with van der Waals surface area (Å²) in [6.45, 7) is 1.15. The summed E-state index contributed by atoms with van der Waals surface area (Å²) in [7, 11) is 1.60. The number of rotatable bonds is 4. The molecule has 0 aliphatic carbocycles. The smallest absolute Gasteiger partial charge is 0.316 e. The molecule has 21 heavy (non-hydrogen) atoms. The summed E-state index contributed by atoms with van der Waals surface area (Å²) in [6.07, 6.45) is 1.61. The van der Waals surface area contributed by atoms with E-state index in [-0.39, 0.29) is 23.2 Å². The zero-order chi connectivity index (χ0) is 15.4. The van der Waals surface area contributed by atoms with E-state index in [4.69, 9.17) is 5.84 Å². The van der Waals surface area contributed by atoms with Gasteiger partial charge in [-0.05, 0) is 25.0 Å². The minimum atomic E-state index is -0.450. The van der Waals surface area contributed by atoms with Gasteiger partial charge in [0.1, 0.15) is 11.4 Å². The van der Waals surface area contributed by atoms with Crippen molar-refractivity contribution in [1.82, 2.24) is 5.32 Å². The summed E-state index contributed by atoms with van der Waals surface area (Å²) in [6, 6.07) is 4.95. The fourth-order valence-corrected chi connectivity index (χ4v) is 2.71. The molecule has 1 atom stereocenters. The second-order valence-corrected chi connectivity index (χ2v) is 4.97. The number of para-hydroxylation sites is 1. The zero-order valence-corrected chi connectivity index (χ0v) is 11.8. The highest BCUT2D eigenvalue weighted by Crippen LogP contribution is 2.36. The molecule has 1 aromatic rings. The first-order chi connectivity index (χ1) is 10.1. The topological polar surface area (TPSA) is 114 Å². The van der Waals surface area contributed by atoms with Gasteiger partial charge < -0.3 is 15.6 Å². The van der Waals surface area contributed by atoms with Crippen LogP contribution in [0, 0.1) is 16.0 Å². The first-order valence-corrected chi connectivity index (χ1v) is 6.79. The van der Waals surface area contributed by atoms with E-state index < -0.39 is 4.92 Å². The van der Waals surface area contributed by atoms with Crippen molar-refractivity contribution in [3.05, 3.63) is 28.3 Å². The molecule has 0 aromatic heterocycles. The molecule has 1 aromatic carbocycles. The summed E-state index contributed by atoms with van der Waals surface area (Å²) >= 11 is 0. The van der Waals surface area contributed by atoms with Crippen molar-refractivity contribution in [2.75, 3.05) is 30.5 Å². The van der Waals surface area contributed by atoms with Crippen LogP contribution in [0.25, 0.3) is 0 Å². The van der Waals surface area contributed by atoms with Crippen LogP contribution in [0.1, 0.15) is 12.8 Å². The lowest BCUT2D eigenvalue weighted by Crippen LogP contribution is -2.42. The molecule has 4 N–H and O–H groups in total. The number of anilines is 2. The number of hydrazine groups is 1. The molecule has 2 rings (SSSR count). The number of hydrogen-bond donors (Lipinski definition) is 3. The van der Waals surface area contributed by atoms with Gasteiger partial charge in [0, 0.05) is 20.1 Å². The SMILES string of the molecule is CNC(=O)C1CCCN(c2cccc(NN)c2[N+](=O)[O-])C1. The Bertz CT molecular complexity index is 549. The maximum absolute atomic E-state index is 11.8. The minimum absolute atomic E-state index is 0.0320. The number of nitrogens with two attached hydrogens (primary N) is 1. The third kappa shape index (κ3) is 3.05. The van der Waals surface area contributed by atoms with E-state index in [0.717, 1.165) is 12.8 Å². The highest BCUT2D eigenvalue weighted by molar-refractivity contribution is 5.81. The molecular formula is C13H19N5O3. The Morgan fingerprint density at radius 2 is 2.29 bits per heavy atom. The monoisotopic (exact) mass is 293 g/mol. The van der Waals surface area contributed by atoms with Gasteiger partial charge >= 0.3 is 5.69 Å². The lowest BCUT2D eigenvalue weighted by molar-refractivity contribution is -0.383. The van der Waals surface area contributed by atoms with Crippen molar-refractivity contribution in [2.45, 2.75) is 12.8 Å². The lowest BCUT2D eigenvalue weighted by atomic mass is 9.96. The second kappa shape index (κ2) is 6.40. The predicted molar refractivity (Wildman–Crippen MR) is 79.9 cm³/mol. The summed E-state index contributed by atoms with van der Waals surface area (Å²) < 4.78 is 0. The van der Waals surface area contributed by atoms with E-state index in [1.54, 1.807) is 25.2 Å². The summed E-state index contributed by atoms with van der Waals surface area (Å²) in [4.78, 5) is 24.5. The molecule has 0 spiro atoms. The lowest BCUT2D eigenvalue weighted by Gasteiger charge is -2.33. The van der Waals surface area contributed by atoms with Gasteiger partial charge in [-0.2, -0.15) is 0 Å². The van der Waals surface area contributed by atoms with Crippen LogP contribution in [0.2, 0.25) is 0 Å². The molecule has 0 radical (unpaired) electrons. The quantitative estimate of drug-likeness (QED) is 0.431. The standard InChI is InChI=1S/C13H19N5O3/c1-15-13(19)9-4-3-7-17(8-9)11-6-2-5-10(16-14)12(11)18(20)21/h2,5-6,9,16H,3-4,7-8,14H2,1H3,(H,15,19). The van der Waals surface area contributed by atoms with Crippen LogP contribution in [0.3, 0.4) is 0 Å². The van der Waals surface area contributed by atoms with Crippen molar-refractivity contribution in [3.63, 3.8) is 0 Å². The van der Waals surface area contributed by atoms with Gasteiger partial charge in [0.05, 0.1) is 10.8 Å². The van der Waals surface area contributed by atoms with Crippen LogP contribution >= 0.6 is 0 Å². The maximum Gasteiger partial charge on any atom is 0.316 e. The molecule has 1 heterocycles. The number of hydrogen-bond acceptors (Lipinski definition) is 6. The highest BCUT2D eigenvalue weighted by atomic mass is 16.6. The van der Waals surface area contributed by atoms with Crippen LogP contribution in [0.15, 0.2) is 18.2 Å². The Hall–Kier alpha value is -2.35. The Kier molecular flexibility index (Phi) is 4.59. The Morgan fingerprint density at radius 1 is 1.52 bits per heavy atom. The number of nitro groups is 1. The average Bonchev–Trinajstić information content (AvgIpc) is 2.53. The van der Waals surface area contributed by atoms with Gasteiger partial charge in [0.2, 0.25) is 5.91 Å². The van der Waals surface area contributed by atoms with Crippen LogP contribution in [0.4, 0.5) is 17.1 Å². The molecule has 1 amide bonds. The number of nitrogens with one attached hydrogen (secondary N) is 2. The summed E-state index contributed by atoms with van der Waals surface area (Å²) in [5, 5.41) is 14.0. The van der Waals surface area contributed by atoms with Crippen LogP contribution < -0.4 is 21.5 Å². The van der Waals surface area contributed by atoms with Gasteiger partial charge in [-0.25, -0.2) is 0 Å². The summed E-state index contributed by atoms with van der Waals surface area (Å²) in [5.74, 6) is 5.16. The van der Waals surface area contributed by atoms with Crippen molar-refractivity contribution in [3.8, 4) is 0 Å². The number of benzene rings is 1. The molecule has 0 bridgehead atoms. The molecule has 0 saturated carbocycles. The number of nitrogen functional groups attached to an aromatic ring is 1. The largest absolute Gasteiger partial charge is 0.365 e. The Labute approximate surface area is 122 Å². The fraction of sp³-hybridized carbons (Fsp3) is 0.462. The second-order valence-electron chi connectivity index (χ2n) is 4.97. The van der Waals surface area contributed by atoms with Crippen LogP contribution in [0.5, 0.6) is 0 Å². The normalized spacial score (nSPS) is 18.2. The molecule has 8 heteroatoms. The van der Waals surface area contributed by atoms with E-state index in [1.807, 2.05) is 4.90 Å². The zero-order valence-electron chi connectivity index (χ0n) is 11.8. The number of carbonyl (C=O) groups is 1. The van der Waals surface area contributed by atoms with Crippen molar-refractivity contribution < 1.29 is 9.72 Å². The number of amides is 1. The number of carbonyl (C=O) groups excluding carboxylic acids is 1. The minimum Gasteiger partial charge on any atom is -0.365 e. The molecular weight excluding hydrogens is 274 g/mol. The maximum atomic E-state index is 11.8. The van der Waals surface area contributed by atoms with E-state index in [0.29, 0.717) is 18.8 Å². The molecule has 1 aliphatic rings. The molecule has 1 unspecified atom stereocenters. The predicted octanol–water partition coefficient (Wildman–Crippen LogP) is 0.843. The van der Waals surface area contributed by atoms with E-state index in [9.17, 15) is 14.9 Å². The van der Waals surface area contributed by atoms with Gasteiger partial charge in [-0.1, -0.05) is 6.07 Å². The number of piperidine rings is 1. The van der Waals surface area contributed by atoms with E-state index in [1.165, 1.54) is 0 Å². The van der Waals surface area contributed by atoms with E-state index in [2.05, 4.69) is 10.7 Å². The summed E-state index contributed by atoms with van der Waals surface area (Å²) in [5.41, 5.74) is 3.05. The van der Waals surface area contributed by atoms with Gasteiger partial charge in [0.25, 0.3) is 0 Å². The fourth-order valence-electron chi connectivity index (χ4n) is 2.71. The molecule has 1 aliphatic heterocycles. The first kappa shape index (κ1) is 15.0. The van der Waals surface area contributed by atoms with Crippen molar-refractivity contribution in [2.24, 2.45) is 11.8 Å². The Balaban J connectivity index is 2.33.